The lowest BCUT2D eigenvalue weighted by Gasteiger charge is -1.97. The molecule has 1 saturated carbocycles. The van der Waals surface area contributed by atoms with Crippen molar-refractivity contribution in [1.82, 2.24) is 5.32 Å². The van der Waals surface area contributed by atoms with Crippen LogP contribution in [0.2, 0.25) is 0 Å². The summed E-state index contributed by atoms with van der Waals surface area (Å²) < 4.78 is 0. The third-order valence-corrected chi connectivity index (χ3v) is 1.85. The monoisotopic (exact) mass is 157 g/mol. The lowest BCUT2D eigenvalue weighted by atomic mass is 10.3. The minimum Gasteiger partial charge on any atom is -0.481 e. The fraction of sp³-hybridized carbons (Fsp3) is 0.714. The maximum Gasteiger partial charge on any atom is 0.306 e. The number of rotatable bonds is 3. The Morgan fingerprint density at radius 1 is 1.64 bits per heavy atom. The van der Waals surface area contributed by atoms with E-state index in [0.717, 1.165) is 0 Å². The molecule has 0 aliphatic heterocycles. The van der Waals surface area contributed by atoms with Crippen LogP contribution in [0.15, 0.2) is 0 Å². The van der Waals surface area contributed by atoms with E-state index in [4.69, 9.17) is 5.11 Å². The predicted molar refractivity (Wildman–Crippen MR) is 37.9 cm³/mol. The largest absolute Gasteiger partial charge is 0.481 e. The number of carbonyl (C=O) groups excluding carboxylic acids is 1. The molecule has 1 fully saturated rings. The Bertz CT molecular complexity index is 190. The summed E-state index contributed by atoms with van der Waals surface area (Å²) in [6.07, 6.45) is 0.704. The number of carbonyl (C=O) groups is 2. The molecule has 2 unspecified atom stereocenters. The van der Waals surface area contributed by atoms with Gasteiger partial charge in [0.2, 0.25) is 5.91 Å². The number of aliphatic carboxylic acids is 1. The summed E-state index contributed by atoms with van der Waals surface area (Å²) in [7, 11) is 0. The van der Waals surface area contributed by atoms with E-state index in [1.807, 2.05) is 0 Å². The van der Waals surface area contributed by atoms with E-state index in [9.17, 15) is 9.59 Å². The Labute approximate surface area is 64.6 Å². The first-order valence-corrected chi connectivity index (χ1v) is 3.58. The molecule has 0 bridgehead atoms. The molecule has 0 aromatic heterocycles. The summed E-state index contributed by atoms with van der Waals surface area (Å²) in [5.41, 5.74) is 0. The lowest BCUT2D eigenvalue weighted by molar-refractivity contribution is -0.139. The number of hydrogen-bond donors (Lipinski definition) is 2. The third-order valence-electron chi connectivity index (χ3n) is 1.85. The minimum absolute atomic E-state index is 0.0963. The van der Waals surface area contributed by atoms with Gasteiger partial charge >= 0.3 is 5.97 Å². The molecule has 0 aromatic rings. The quantitative estimate of drug-likeness (QED) is 0.598. The van der Waals surface area contributed by atoms with E-state index in [1.165, 1.54) is 6.92 Å². The highest BCUT2D eigenvalue weighted by atomic mass is 16.4. The van der Waals surface area contributed by atoms with Gasteiger partial charge in [-0.25, -0.2) is 0 Å². The highest BCUT2D eigenvalue weighted by Crippen LogP contribution is 2.37. The van der Waals surface area contributed by atoms with E-state index in [2.05, 4.69) is 5.32 Å². The molecule has 0 aromatic carbocycles. The maximum atomic E-state index is 10.4. The van der Waals surface area contributed by atoms with E-state index in [-0.39, 0.29) is 17.7 Å². The summed E-state index contributed by atoms with van der Waals surface area (Å²) in [5, 5.41) is 11.1. The molecule has 1 aliphatic carbocycles. The maximum absolute atomic E-state index is 10.4. The number of amides is 1. The first-order chi connectivity index (χ1) is 5.11. The SMILES string of the molecule is CC(=O)NCC1CC1C(=O)O. The average Bonchev–Trinajstić information content (AvgIpc) is 2.61. The molecule has 0 radical (unpaired) electrons. The van der Waals surface area contributed by atoms with E-state index in [1.54, 1.807) is 0 Å². The van der Waals surface area contributed by atoms with E-state index in [0.29, 0.717) is 13.0 Å². The number of nitrogens with one attached hydrogen (secondary N) is 1. The van der Waals surface area contributed by atoms with Crippen molar-refractivity contribution in [3.63, 3.8) is 0 Å². The summed E-state index contributed by atoms with van der Waals surface area (Å²) in [5.74, 6) is -0.903. The predicted octanol–water partition coefficient (Wildman–Crippen LogP) is -0.157. The van der Waals surface area contributed by atoms with Crippen molar-refractivity contribution in [2.24, 2.45) is 11.8 Å². The lowest BCUT2D eigenvalue weighted by Crippen LogP contribution is -2.23. The standard InChI is InChI=1S/C7H11NO3/c1-4(9)8-3-5-2-6(5)7(10)11/h5-6H,2-3H2,1H3,(H,8,9)(H,10,11). The van der Waals surface area contributed by atoms with E-state index < -0.39 is 5.97 Å². The molecular weight excluding hydrogens is 146 g/mol. The van der Waals surface area contributed by atoms with Crippen LogP contribution in [0.4, 0.5) is 0 Å². The molecule has 0 heterocycles. The normalized spacial score (nSPS) is 27.7. The van der Waals surface area contributed by atoms with Gasteiger partial charge in [-0.2, -0.15) is 0 Å². The topological polar surface area (TPSA) is 66.4 Å². The second-order valence-electron chi connectivity index (χ2n) is 2.88. The van der Waals surface area contributed by atoms with Gasteiger partial charge in [0.15, 0.2) is 0 Å². The van der Waals surface area contributed by atoms with Crippen molar-refractivity contribution in [3.05, 3.63) is 0 Å². The average molecular weight is 157 g/mol. The fourth-order valence-corrected chi connectivity index (χ4v) is 1.05. The number of carboxylic acid groups (broad SMARTS) is 1. The van der Waals surface area contributed by atoms with Crippen LogP contribution in [0.3, 0.4) is 0 Å². The first kappa shape index (κ1) is 8.04. The van der Waals surface area contributed by atoms with Crippen molar-refractivity contribution in [2.75, 3.05) is 6.54 Å². The van der Waals surface area contributed by atoms with Crippen LogP contribution in [0.25, 0.3) is 0 Å². The summed E-state index contributed by atoms with van der Waals surface area (Å²) >= 11 is 0. The second-order valence-corrected chi connectivity index (χ2v) is 2.88. The Morgan fingerprint density at radius 3 is 2.64 bits per heavy atom. The molecule has 1 aliphatic rings. The van der Waals surface area contributed by atoms with Crippen molar-refractivity contribution in [3.8, 4) is 0 Å². The molecular formula is C7H11NO3. The molecule has 4 nitrogen and oxygen atoms in total. The first-order valence-electron chi connectivity index (χ1n) is 3.58. The van der Waals surface area contributed by atoms with Crippen LogP contribution in [0, 0.1) is 11.8 Å². The van der Waals surface area contributed by atoms with Gasteiger partial charge in [-0.3, -0.25) is 9.59 Å². The summed E-state index contributed by atoms with van der Waals surface area (Å²) in [4.78, 5) is 20.7. The third kappa shape index (κ3) is 2.22. The number of carboxylic acids is 1. The van der Waals surface area contributed by atoms with Crippen LogP contribution in [0.1, 0.15) is 13.3 Å². The molecule has 4 heteroatoms. The van der Waals surface area contributed by atoms with Crippen LogP contribution in [-0.4, -0.2) is 23.5 Å². The van der Waals surface area contributed by atoms with Gasteiger partial charge in [-0.1, -0.05) is 0 Å². The van der Waals surface area contributed by atoms with Gasteiger partial charge < -0.3 is 10.4 Å². The molecule has 2 atom stereocenters. The van der Waals surface area contributed by atoms with Crippen molar-refractivity contribution in [2.45, 2.75) is 13.3 Å². The zero-order valence-electron chi connectivity index (χ0n) is 6.33. The van der Waals surface area contributed by atoms with Crippen LogP contribution in [0.5, 0.6) is 0 Å². The molecule has 2 N–H and O–H groups in total. The Morgan fingerprint density at radius 2 is 2.27 bits per heavy atom. The Hall–Kier alpha value is -1.06. The summed E-state index contributed by atoms with van der Waals surface area (Å²) in [6, 6.07) is 0. The van der Waals surface area contributed by atoms with Crippen LogP contribution >= 0.6 is 0 Å². The molecule has 62 valence electrons. The van der Waals surface area contributed by atoms with Crippen molar-refractivity contribution in [1.29, 1.82) is 0 Å². The molecule has 0 saturated heterocycles. The van der Waals surface area contributed by atoms with Crippen LogP contribution in [-0.2, 0) is 9.59 Å². The van der Waals surface area contributed by atoms with Gasteiger partial charge in [0.05, 0.1) is 5.92 Å². The fourth-order valence-electron chi connectivity index (χ4n) is 1.05. The smallest absolute Gasteiger partial charge is 0.306 e. The zero-order chi connectivity index (χ0) is 8.43. The molecule has 0 spiro atoms. The summed E-state index contributed by atoms with van der Waals surface area (Å²) in [6.45, 7) is 1.93. The van der Waals surface area contributed by atoms with Crippen molar-refractivity contribution >= 4 is 11.9 Å². The van der Waals surface area contributed by atoms with Gasteiger partial charge in [-0.15, -0.1) is 0 Å². The highest BCUT2D eigenvalue weighted by Gasteiger charge is 2.42. The number of hydrogen-bond acceptors (Lipinski definition) is 2. The zero-order valence-corrected chi connectivity index (χ0v) is 6.33. The van der Waals surface area contributed by atoms with Gasteiger partial charge in [-0.05, 0) is 12.3 Å². The van der Waals surface area contributed by atoms with E-state index >= 15 is 0 Å². The van der Waals surface area contributed by atoms with Crippen LogP contribution < -0.4 is 5.32 Å². The van der Waals surface area contributed by atoms with Gasteiger partial charge in [0, 0.05) is 13.5 Å². The highest BCUT2D eigenvalue weighted by molar-refractivity contribution is 5.75. The minimum atomic E-state index is -0.750. The molecule has 1 rings (SSSR count). The Balaban J connectivity index is 2.14. The molecule has 11 heavy (non-hydrogen) atoms. The van der Waals surface area contributed by atoms with Crippen molar-refractivity contribution < 1.29 is 14.7 Å². The van der Waals surface area contributed by atoms with Gasteiger partial charge in [0.25, 0.3) is 0 Å². The second kappa shape index (κ2) is 2.90. The molecule has 1 amide bonds. The Kier molecular flexibility index (Phi) is 2.12. The van der Waals surface area contributed by atoms with Gasteiger partial charge in [0.1, 0.15) is 0 Å².